The number of nitrogens with zero attached hydrogens (tertiary/aromatic N) is 2. The highest BCUT2D eigenvalue weighted by Gasteiger charge is 2.26. The quantitative estimate of drug-likeness (QED) is 0.314. The van der Waals surface area contributed by atoms with E-state index in [9.17, 15) is 4.79 Å². The van der Waals surface area contributed by atoms with Gasteiger partial charge in [0.15, 0.2) is 5.84 Å². The van der Waals surface area contributed by atoms with Crippen LogP contribution in [0.15, 0.2) is 11.4 Å². The number of hydrogen-bond donors (Lipinski definition) is 3. The highest BCUT2D eigenvalue weighted by Crippen LogP contribution is 2.13. The maximum absolute atomic E-state index is 11.8. The van der Waals surface area contributed by atoms with Crippen LogP contribution in [-0.2, 0) is 0 Å². The average Bonchev–Trinajstić information content (AvgIpc) is 2.63. The Bertz CT molecular complexity index is 425. The van der Waals surface area contributed by atoms with Crippen molar-refractivity contribution in [2.75, 3.05) is 0 Å². The number of aryl methyl sites for hydroxylation is 1. The lowest BCUT2D eigenvalue weighted by atomic mass is 10.0. The molecule has 0 spiro atoms. The Morgan fingerprint density at radius 2 is 2.31 bits per heavy atom. The van der Waals surface area contributed by atoms with Crippen LogP contribution in [-0.4, -0.2) is 27.5 Å². The fourth-order valence-electron chi connectivity index (χ4n) is 1.00. The van der Waals surface area contributed by atoms with E-state index in [2.05, 4.69) is 15.5 Å². The molecule has 0 aliphatic carbocycles. The normalized spacial score (nSPS) is 12.6. The summed E-state index contributed by atoms with van der Waals surface area (Å²) in [5.41, 5.74) is 4.56. The molecule has 16 heavy (non-hydrogen) atoms. The summed E-state index contributed by atoms with van der Waals surface area (Å²) in [5, 5.41) is 14.9. The summed E-state index contributed by atoms with van der Waals surface area (Å²) < 4.78 is 0. The van der Waals surface area contributed by atoms with Crippen molar-refractivity contribution in [1.29, 1.82) is 0 Å². The molecule has 1 aromatic rings. The maximum Gasteiger partial charge on any atom is 0.263 e. The van der Waals surface area contributed by atoms with E-state index in [1.54, 1.807) is 13.8 Å². The fraction of sp³-hybridized carbons (Fsp3) is 0.444. The average molecular weight is 242 g/mol. The van der Waals surface area contributed by atoms with E-state index >= 15 is 0 Å². The molecule has 1 heterocycles. The number of hydrogen-bond acceptors (Lipinski definition) is 5. The summed E-state index contributed by atoms with van der Waals surface area (Å²) in [5.74, 6) is -0.343. The van der Waals surface area contributed by atoms with Crippen molar-refractivity contribution in [2.45, 2.75) is 26.3 Å². The van der Waals surface area contributed by atoms with Gasteiger partial charge < -0.3 is 16.3 Å². The van der Waals surface area contributed by atoms with Crippen molar-refractivity contribution < 1.29 is 10.0 Å². The Kier molecular flexibility index (Phi) is 3.48. The van der Waals surface area contributed by atoms with Crippen LogP contribution >= 0.6 is 11.3 Å². The number of aromatic nitrogens is 1. The lowest BCUT2D eigenvalue weighted by Gasteiger charge is -2.23. The molecular formula is C9H14N4O2S. The zero-order chi connectivity index (χ0) is 12.3. The van der Waals surface area contributed by atoms with Gasteiger partial charge in [0.2, 0.25) is 0 Å². The number of rotatable bonds is 3. The Morgan fingerprint density at radius 1 is 1.69 bits per heavy atom. The highest BCUT2D eigenvalue weighted by molar-refractivity contribution is 7.13. The molecular weight excluding hydrogens is 228 g/mol. The molecule has 0 atom stereocenters. The number of oxime groups is 1. The highest BCUT2D eigenvalue weighted by atomic mass is 32.1. The Hall–Kier alpha value is -1.63. The van der Waals surface area contributed by atoms with Crippen LogP contribution in [0.1, 0.15) is 28.5 Å². The number of amidine groups is 1. The lowest BCUT2D eigenvalue weighted by Crippen LogP contribution is -2.53. The molecule has 1 aromatic heterocycles. The van der Waals surface area contributed by atoms with Gasteiger partial charge in [-0.2, -0.15) is 0 Å². The van der Waals surface area contributed by atoms with Crippen molar-refractivity contribution in [3.63, 3.8) is 0 Å². The SMILES string of the molecule is Cc1ncc(C(=O)NC(C)(C)/C(N)=N/O)s1. The summed E-state index contributed by atoms with van der Waals surface area (Å²) in [6.45, 7) is 5.11. The second kappa shape index (κ2) is 4.48. The zero-order valence-electron chi connectivity index (χ0n) is 9.31. The van der Waals surface area contributed by atoms with Gasteiger partial charge in [-0.15, -0.1) is 11.3 Å². The van der Waals surface area contributed by atoms with Crippen molar-refractivity contribution in [1.82, 2.24) is 10.3 Å². The molecule has 7 heteroatoms. The number of carbonyl (C=O) groups is 1. The molecule has 0 bridgehead atoms. The topological polar surface area (TPSA) is 101 Å². The smallest absolute Gasteiger partial charge is 0.263 e. The number of amides is 1. The third-order valence-corrected chi connectivity index (χ3v) is 2.93. The molecule has 0 radical (unpaired) electrons. The Balaban J connectivity index is 2.79. The van der Waals surface area contributed by atoms with Crippen LogP contribution in [0.5, 0.6) is 0 Å². The first-order valence-corrected chi connectivity index (χ1v) is 5.41. The third kappa shape index (κ3) is 2.69. The molecule has 4 N–H and O–H groups in total. The van der Waals surface area contributed by atoms with Gasteiger partial charge in [0.25, 0.3) is 5.91 Å². The van der Waals surface area contributed by atoms with Crippen LogP contribution in [0.25, 0.3) is 0 Å². The maximum atomic E-state index is 11.8. The summed E-state index contributed by atoms with van der Waals surface area (Å²) in [7, 11) is 0. The molecule has 0 saturated heterocycles. The van der Waals surface area contributed by atoms with Gasteiger partial charge >= 0.3 is 0 Å². The van der Waals surface area contributed by atoms with Crippen LogP contribution in [0.4, 0.5) is 0 Å². The Morgan fingerprint density at radius 3 is 2.75 bits per heavy atom. The third-order valence-electron chi connectivity index (χ3n) is 2.02. The van der Waals surface area contributed by atoms with E-state index in [0.717, 1.165) is 5.01 Å². The second-order valence-corrected chi connectivity index (χ2v) is 5.04. The molecule has 0 aromatic carbocycles. The first kappa shape index (κ1) is 12.4. The van der Waals surface area contributed by atoms with Crippen molar-refractivity contribution in [3.8, 4) is 0 Å². The molecule has 1 rings (SSSR count). The first-order chi connectivity index (χ1) is 7.36. The van der Waals surface area contributed by atoms with Gasteiger partial charge in [0.05, 0.1) is 16.7 Å². The molecule has 0 fully saturated rings. The van der Waals surface area contributed by atoms with Gasteiger partial charge in [-0.25, -0.2) is 4.98 Å². The van der Waals surface area contributed by atoms with E-state index < -0.39 is 5.54 Å². The van der Waals surface area contributed by atoms with Crippen molar-refractivity contribution in [2.24, 2.45) is 10.9 Å². The molecule has 0 unspecified atom stereocenters. The second-order valence-electron chi connectivity index (χ2n) is 3.81. The Labute approximate surface area is 97.2 Å². The molecule has 0 aliphatic heterocycles. The van der Waals surface area contributed by atoms with E-state index in [-0.39, 0.29) is 11.7 Å². The van der Waals surface area contributed by atoms with E-state index in [0.29, 0.717) is 4.88 Å². The minimum absolute atomic E-state index is 0.0536. The zero-order valence-corrected chi connectivity index (χ0v) is 10.1. The summed E-state index contributed by atoms with van der Waals surface area (Å²) in [6.07, 6.45) is 1.50. The molecule has 1 amide bonds. The van der Waals surface area contributed by atoms with Crippen LogP contribution in [0.3, 0.4) is 0 Å². The number of thiazole rings is 1. The van der Waals surface area contributed by atoms with Crippen LogP contribution in [0.2, 0.25) is 0 Å². The van der Waals surface area contributed by atoms with Gasteiger partial charge in [-0.05, 0) is 20.8 Å². The van der Waals surface area contributed by atoms with Crippen molar-refractivity contribution >= 4 is 23.1 Å². The van der Waals surface area contributed by atoms with Gasteiger partial charge in [-0.1, -0.05) is 5.16 Å². The van der Waals surface area contributed by atoms with Gasteiger partial charge in [0.1, 0.15) is 4.88 Å². The monoisotopic (exact) mass is 242 g/mol. The number of nitrogens with one attached hydrogen (secondary N) is 1. The predicted octanol–water partition coefficient (Wildman–Crippen LogP) is 0.706. The fourth-order valence-corrected chi connectivity index (χ4v) is 1.67. The minimum atomic E-state index is -0.899. The minimum Gasteiger partial charge on any atom is -0.409 e. The molecule has 88 valence electrons. The number of nitrogens with two attached hydrogens (primary N) is 1. The summed E-state index contributed by atoms with van der Waals surface area (Å²) >= 11 is 1.29. The largest absolute Gasteiger partial charge is 0.409 e. The number of carbonyl (C=O) groups excluding carboxylic acids is 1. The standard InChI is InChI=1S/C9H14N4O2S/c1-5-11-4-6(16-5)7(14)12-9(2,3)8(10)13-15/h4,15H,1-3H3,(H2,10,13)(H,12,14). The molecule has 0 aliphatic rings. The van der Waals surface area contributed by atoms with Gasteiger partial charge in [-0.3, -0.25) is 4.79 Å². The summed E-state index contributed by atoms with van der Waals surface area (Å²) in [4.78, 5) is 16.2. The lowest BCUT2D eigenvalue weighted by molar-refractivity contribution is 0.0935. The molecule has 0 saturated carbocycles. The van der Waals surface area contributed by atoms with E-state index in [1.807, 2.05) is 6.92 Å². The van der Waals surface area contributed by atoms with Gasteiger partial charge in [0, 0.05) is 0 Å². The summed E-state index contributed by atoms with van der Waals surface area (Å²) in [6, 6.07) is 0. The van der Waals surface area contributed by atoms with E-state index in [4.69, 9.17) is 10.9 Å². The predicted molar refractivity (Wildman–Crippen MR) is 61.8 cm³/mol. The van der Waals surface area contributed by atoms with Crippen molar-refractivity contribution in [3.05, 3.63) is 16.1 Å². The first-order valence-electron chi connectivity index (χ1n) is 4.60. The van der Waals surface area contributed by atoms with Crippen LogP contribution in [0, 0.1) is 6.92 Å². The van der Waals surface area contributed by atoms with E-state index in [1.165, 1.54) is 17.5 Å². The molecule has 6 nitrogen and oxygen atoms in total. The van der Waals surface area contributed by atoms with Crippen LogP contribution < -0.4 is 11.1 Å².